The van der Waals surface area contributed by atoms with E-state index in [0.29, 0.717) is 5.11 Å². The fraction of sp³-hybridized carbons (Fsp3) is 0.400. The van der Waals surface area contributed by atoms with Gasteiger partial charge in [0.1, 0.15) is 0 Å². The molecule has 0 unspecified atom stereocenters. The molecule has 2 aliphatic rings. The van der Waals surface area contributed by atoms with Crippen LogP contribution in [0.25, 0.3) is 6.08 Å². The lowest BCUT2D eigenvalue weighted by Gasteiger charge is -2.31. The molecule has 1 aromatic rings. The van der Waals surface area contributed by atoms with Crippen LogP contribution in [-0.2, 0) is 4.74 Å². The molecule has 0 bridgehead atoms. The average Bonchev–Trinajstić information content (AvgIpc) is 3.07. The Morgan fingerprint density at radius 3 is 2.70 bits per heavy atom. The Morgan fingerprint density at radius 1 is 1.26 bits per heavy atom. The van der Waals surface area contributed by atoms with Crippen molar-refractivity contribution in [2.45, 2.75) is 19.8 Å². The summed E-state index contributed by atoms with van der Waals surface area (Å²) in [5, 5.41) is 8.66. The predicted molar refractivity (Wildman–Crippen MR) is 116 cm³/mol. The summed E-state index contributed by atoms with van der Waals surface area (Å²) < 4.78 is 5.53. The molecule has 2 N–H and O–H groups in total. The molecule has 1 aliphatic carbocycles. The smallest absolute Gasteiger partial charge is 0.186 e. The number of hydrazone groups is 1. The van der Waals surface area contributed by atoms with E-state index in [0.717, 1.165) is 56.3 Å². The number of hydrogen-bond donors (Lipinski definition) is 2. The Labute approximate surface area is 171 Å². The Morgan fingerprint density at radius 2 is 2.00 bits per heavy atom. The van der Waals surface area contributed by atoms with Gasteiger partial charge < -0.3 is 15.0 Å². The minimum Gasteiger partial charge on any atom is -0.378 e. The van der Waals surface area contributed by atoms with Gasteiger partial charge in [-0.25, -0.2) is 0 Å². The van der Waals surface area contributed by atoms with Gasteiger partial charge in [0.15, 0.2) is 5.11 Å². The van der Waals surface area contributed by atoms with Gasteiger partial charge in [0, 0.05) is 30.4 Å². The number of rotatable bonds is 5. The Balaban J connectivity index is 1.84. The monoisotopic (exact) mass is 404 g/mol. The number of nitrogens with one attached hydrogen (secondary N) is 2. The number of allylic oxidation sites excluding steroid dienone is 2. The molecule has 0 atom stereocenters. The molecule has 1 fully saturated rings. The highest BCUT2D eigenvalue weighted by atomic mass is 35.5. The number of benzene rings is 1. The van der Waals surface area contributed by atoms with Gasteiger partial charge in [-0.1, -0.05) is 23.7 Å². The summed E-state index contributed by atoms with van der Waals surface area (Å²) in [6, 6.07) is 7.95. The van der Waals surface area contributed by atoms with Crippen molar-refractivity contribution >= 4 is 41.2 Å². The molecule has 144 valence electrons. The van der Waals surface area contributed by atoms with Crippen LogP contribution in [0.15, 0.2) is 46.2 Å². The van der Waals surface area contributed by atoms with E-state index in [1.165, 1.54) is 16.8 Å². The van der Waals surface area contributed by atoms with Crippen LogP contribution >= 0.6 is 23.8 Å². The van der Waals surface area contributed by atoms with Gasteiger partial charge in [-0.05, 0) is 66.9 Å². The van der Waals surface area contributed by atoms with Crippen molar-refractivity contribution in [2.24, 2.45) is 5.10 Å². The number of thiocarbonyl (C=S) groups is 1. The summed E-state index contributed by atoms with van der Waals surface area (Å²) in [4.78, 5) is 2.40. The second-order valence-corrected chi connectivity index (χ2v) is 7.27. The largest absolute Gasteiger partial charge is 0.378 e. The first-order chi connectivity index (χ1) is 13.2. The maximum atomic E-state index is 6.01. The molecule has 1 aromatic carbocycles. The number of morpholine rings is 1. The Bertz CT molecular complexity index is 752. The minimum absolute atomic E-state index is 0.539. The average molecular weight is 405 g/mol. The first kappa shape index (κ1) is 19.9. The summed E-state index contributed by atoms with van der Waals surface area (Å²) in [5.41, 5.74) is 7.87. The van der Waals surface area contributed by atoms with Crippen molar-refractivity contribution in [1.29, 1.82) is 0 Å². The van der Waals surface area contributed by atoms with E-state index in [1.807, 2.05) is 25.3 Å². The third-order valence-corrected chi connectivity index (χ3v) is 5.02. The first-order valence-electron chi connectivity index (χ1n) is 9.26. The molecule has 5 nitrogen and oxygen atoms in total. The molecule has 0 radical (unpaired) electrons. The Kier molecular flexibility index (Phi) is 7.26. The highest BCUT2D eigenvalue weighted by Gasteiger charge is 2.25. The molecular formula is C20H25ClN4OS. The van der Waals surface area contributed by atoms with E-state index in [1.54, 1.807) is 0 Å². The fourth-order valence-electron chi connectivity index (χ4n) is 3.30. The molecule has 1 saturated heterocycles. The van der Waals surface area contributed by atoms with Gasteiger partial charge in [-0.15, -0.1) is 0 Å². The lowest BCUT2D eigenvalue weighted by molar-refractivity contribution is 0.0548. The Hall–Kier alpha value is -1.89. The van der Waals surface area contributed by atoms with Crippen LogP contribution in [0.2, 0.25) is 5.02 Å². The van der Waals surface area contributed by atoms with Crippen LogP contribution in [0.4, 0.5) is 0 Å². The van der Waals surface area contributed by atoms with Crippen LogP contribution in [0.3, 0.4) is 0 Å². The molecule has 0 amide bonds. The van der Waals surface area contributed by atoms with Gasteiger partial charge in [0.25, 0.3) is 0 Å². The normalized spacial score (nSPS) is 19.2. The zero-order valence-electron chi connectivity index (χ0n) is 15.5. The second kappa shape index (κ2) is 9.88. The molecule has 0 spiro atoms. The summed E-state index contributed by atoms with van der Waals surface area (Å²) in [5.74, 6) is 0. The molecule has 0 saturated carbocycles. The van der Waals surface area contributed by atoms with Crippen molar-refractivity contribution in [1.82, 2.24) is 15.6 Å². The quantitative estimate of drug-likeness (QED) is 0.446. The zero-order valence-corrected chi connectivity index (χ0v) is 17.1. The predicted octanol–water partition coefficient (Wildman–Crippen LogP) is 3.57. The van der Waals surface area contributed by atoms with Gasteiger partial charge in [-0.3, -0.25) is 5.43 Å². The zero-order chi connectivity index (χ0) is 19.1. The fourth-order valence-corrected chi connectivity index (χ4v) is 3.62. The van der Waals surface area contributed by atoms with Gasteiger partial charge in [-0.2, -0.15) is 5.10 Å². The second-order valence-electron chi connectivity index (χ2n) is 6.42. The lowest BCUT2D eigenvalue weighted by Crippen LogP contribution is -2.36. The number of ether oxygens (including phenoxy) is 1. The molecule has 27 heavy (non-hydrogen) atoms. The van der Waals surface area contributed by atoms with E-state index >= 15 is 0 Å². The lowest BCUT2D eigenvalue weighted by atomic mass is 10.1. The SMILES string of the molecule is CCNC(=S)NN=CC1=C(N2CCOCC2)C(=Cc2ccc(Cl)cc2)CC1. The van der Waals surface area contributed by atoms with Crippen molar-refractivity contribution in [2.75, 3.05) is 32.8 Å². The minimum atomic E-state index is 0.539. The third kappa shape index (κ3) is 5.54. The highest BCUT2D eigenvalue weighted by molar-refractivity contribution is 7.80. The van der Waals surface area contributed by atoms with Gasteiger partial charge in [0.05, 0.1) is 19.4 Å². The van der Waals surface area contributed by atoms with Crippen LogP contribution in [-0.4, -0.2) is 49.1 Å². The van der Waals surface area contributed by atoms with E-state index in [-0.39, 0.29) is 0 Å². The molecule has 0 aromatic heterocycles. The van der Waals surface area contributed by atoms with Crippen molar-refractivity contribution < 1.29 is 4.74 Å². The maximum absolute atomic E-state index is 6.01. The van der Waals surface area contributed by atoms with Crippen molar-refractivity contribution in [3.05, 3.63) is 51.7 Å². The van der Waals surface area contributed by atoms with E-state index < -0.39 is 0 Å². The molecule has 1 heterocycles. The van der Waals surface area contributed by atoms with Gasteiger partial charge in [0.2, 0.25) is 0 Å². The van der Waals surface area contributed by atoms with E-state index in [9.17, 15) is 0 Å². The molecule has 1 aliphatic heterocycles. The number of hydrogen-bond acceptors (Lipinski definition) is 4. The van der Waals surface area contributed by atoms with Crippen LogP contribution in [0, 0.1) is 0 Å². The summed E-state index contributed by atoms with van der Waals surface area (Å²) >= 11 is 11.2. The third-order valence-electron chi connectivity index (χ3n) is 4.53. The standard InChI is InChI=1S/C20H25ClN4OS/c1-2-22-20(27)24-23-14-17-6-5-16(13-15-3-7-18(21)8-4-15)19(17)25-9-11-26-12-10-25/h3-4,7-8,13-14H,2,5-6,9-12H2,1H3,(H2,22,24,27). The van der Waals surface area contributed by atoms with Crippen LogP contribution in [0.1, 0.15) is 25.3 Å². The number of nitrogens with zero attached hydrogens (tertiary/aromatic N) is 2. The van der Waals surface area contributed by atoms with Crippen molar-refractivity contribution in [3.63, 3.8) is 0 Å². The molecule has 7 heteroatoms. The topological polar surface area (TPSA) is 48.9 Å². The maximum Gasteiger partial charge on any atom is 0.186 e. The summed E-state index contributed by atoms with van der Waals surface area (Å²) in [6.07, 6.45) is 6.11. The number of halogens is 1. The van der Waals surface area contributed by atoms with E-state index in [2.05, 4.69) is 39.0 Å². The van der Waals surface area contributed by atoms with Crippen LogP contribution in [0.5, 0.6) is 0 Å². The van der Waals surface area contributed by atoms with Gasteiger partial charge >= 0.3 is 0 Å². The van der Waals surface area contributed by atoms with Crippen LogP contribution < -0.4 is 10.7 Å². The van der Waals surface area contributed by atoms with Crippen molar-refractivity contribution in [3.8, 4) is 0 Å². The first-order valence-corrected chi connectivity index (χ1v) is 10.0. The highest BCUT2D eigenvalue weighted by Crippen LogP contribution is 2.35. The molecule has 3 rings (SSSR count). The van der Waals surface area contributed by atoms with E-state index in [4.69, 9.17) is 28.6 Å². The summed E-state index contributed by atoms with van der Waals surface area (Å²) in [7, 11) is 0. The summed E-state index contributed by atoms with van der Waals surface area (Å²) in [6.45, 7) is 6.08. The molecular weight excluding hydrogens is 380 g/mol.